The Hall–Kier alpha value is -2.14. The van der Waals surface area contributed by atoms with Crippen molar-refractivity contribution in [3.05, 3.63) is 48.3 Å². The number of para-hydroxylation sites is 2. The molecule has 1 aromatic carbocycles. The summed E-state index contributed by atoms with van der Waals surface area (Å²) in [4.78, 5) is 11.9. The predicted octanol–water partition coefficient (Wildman–Crippen LogP) is 1.59. The summed E-state index contributed by atoms with van der Waals surface area (Å²) in [7, 11) is 1.99. The molecule has 2 heterocycles. The van der Waals surface area contributed by atoms with Gasteiger partial charge in [-0.15, -0.1) is 0 Å². The topological polar surface area (TPSA) is 58.5 Å². The normalized spacial score (nSPS) is 11.2. The zero-order valence-electron chi connectivity index (χ0n) is 10.2. The number of H-pyrrole nitrogens is 1. The Morgan fingerprint density at radius 2 is 2.17 bits per heavy atom. The van der Waals surface area contributed by atoms with Crippen LogP contribution in [-0.4, -0.2) is 19.5 Å². The number of imidazole rings is 2. The van der Waals surface area contributed by atoms with Crippen molar-refractivity contribution in [2.75, 3.05) is 0 Å². The Morgan fingerprint density at radius 1 is 1.28 bits per heavy atom. The van der Waals surface area contributed by atoms with Crippen molar-refractivity contribution in [1.29, 1.82) is 0 Å². The maximum Gasteiger partial charge on any atom is 0.121 e. The lowest BCUT2D eigenvalue weighted by molar-refractivity contribution is 0.639. The molecular formula is C13H15N5. The lowest BCUT2D eigenvalue weighted by atomic mass is 10.3. The second-order valence-corrected chi connectivity index (χ2v) is 4.30. The van der Waals surface area contributed by atoms with Gasteiger partial charge in [-0.2, -0.15) is 0 Å². The maximum atomic E-state index is 4.51. The van der Waals surface area contributed by atoms with Crippen LogP contribution in [0, 0.1) is 0 Å². The number of aryl methyl sites for hydroxylation is 1. The van der Waals surface area contributed by atoms with E-state index in [1.165, 1.54) is 0 Å². The number of nitrogens with zero attached hydrogens (tertiary/aromatic N) is 3. The van der Waals surface area contributed by atoms with E-state index < -0.39 is 0 Å². The molecule has 0 saturated heterocycles. The highest BCUT2D eigenvalue weighted by atomic mass is 15.1. The molecule has 3 rings (SSSR count). The Balaban J connectivity index is 1.65. The van der Waals surface area contributed by atoms with Crippen molar-refractivity contribution in [3.8, 4) is 0 Å². The lowest BCUT2D eigenvalue weighted by Gasteiger charge is -2.03. The van der Waals surface area contributed by atoms with E-state index in [0.29, 0.717) is 0 Å². The number of aromatic nitrogens is 4. The van der Waals surface area contributed by atoms with E-state index in [0.717, 1.165) is 35.6 Å². The molecule has 0 aliphatic heterocycles. The molecule has 5 heteroatoms. The van der Waals surface area contributed by atoms with Crippen LogP contribution in [0.5, 0.6) is 0 Å². The van der Waals surface area contributed by atoms with E-state index in [4.69, 9.17) is 0 Å². The SMILES string of the molecule is Cn1cncc1CNCc1nc2ccccc2[nH]1. The van der Waals surface area contributed by atoms with Crippen LogP contribution in [0.3, 0.4) is 0 Å². The molecule has 0 aliphatic carbocycles. The lowest BCUT2D eigenvalue weighted by Crippen LogP contribution is -2.15. The standard InChI is InChI=1S/C13H15N5/c1-18-9-15-7-10(18)6-14-8-13-16-11-4-2-3-5-12(11)17-13/h2-5,7,9,14H,6,8H2,1H3,(H,16,17). The van der Waals surface area contributed by atoms with E-state index in [9.17, 15) is 0 Å². The molecule has 92 valence electrons. The summed E-state index contributed by atoms with van der Waals surface area (Å²) >= 11 is 0. The van der Waals surface area contributed by atoms with Gasteiger partial charge in [0.1, 0.15) is 5.82 Å². The second-order valence-electron chi connectivity index (χ2n) is 4.30. The van der Waals surface area contributed by atoms with Crippen LogP contribution in [-0.2, 0) is 20.1 Å². The van der Waals surface area contributed by atoms with Crippen LogP contribution >= 0.6 is 0 Å². The quantitative estimate of drug-likeness (QED) is 0.729. The van der Waals surface area contributed by atoms with Crippen LogP contribution in [0.2, 0.25) is 0 Å². The zero-order chi connectivity index (χ0) is 12.4. The molecular weight excluding hydrogens is 226 g/mol. The van der Waals surface area contributed by atoms with Gasteiger partial charge in [-0.3, -0.25) is 0 Å². The van der Waals surface area contributed by atoms with Crippen molar-refractivity contribution >= 4 is 11.0 Å². The van der Waals surface area contributed by atoms with Crippen LogP contribution in [0.1, 0.15) is 11.5 Å². The third-order valence-electron chi connectivity index (χ3n) is 2.95. The van der Waals surface area contributed by atoms with Gasteiger partial charge in [0.2, 0.25) is 0 Å². The van der Waals surface area contributed by atoms with Crippen molar-refractivity contribution in [1.82, 2.24) is 24.8 Å². The van der Waals surface area contributed by atoms with Gasteiger partial charge < -0.3 is 14.9 Å². The molecule has 0 amide bonds. The number of fused-ring (bicyclic) bond motifs is 1. The Bertz CT molecular complexity index is 619. The molecule has 0 saturated carbocycles. The van der Waals surface area contributed by atoms with Gasteiger partial charge >= 0.3 is 0 Å². The fourth-order valence-corrected chi connectivity index (χ4v) is 1.95. The average Bonchev–Trinajstić information content (AvgIpc) is 2.96. The Kier molecular flexibility index (Phi) is 2.82. The Morgan fingerprint density at radius 3 is 2.94 bits per heavy atom. The van der Waals surface area contributed by atoms with E-state index in [1.54, 1.807) is 6.33 Å². The van der Waals surface area contributed by atoms with E-state index in [-0.39, 0.29) is 0 Å². The van der Waals surface area contributed by atoms with E-state index >= 15 is 0 Å². The molecule has 18 heavy (non-hydrogen) atoms. The summed E-state index contributed by atoms with van der Waals surface area (Å²) in [6.07, 6.45) is 3.67. The molecule has 0 spiro atoms. The monoisotopic (exact) mass is 241 g/mol. The van der Waals surface area contributed by atoms with Gasteiger partial charge in [-0.05, 0) is 12.1 Å². The summed E-state index contributed by atoms with van der Waals surface area (Å²) in [5.74, 6) is 0.957. The van der Waals surface area contributed by atoms with Crippen LogP contribution in [0.15, 0.2) is 36.8 Å². The molecule has 0 radical (unpaired) electrons. The first-order chi connectivity index (χ1) is 8.83. The number of hydrogen-bond acceptors (Lipinski definition) is 3. The molecule has 5 nitrogen and oxygen atoms in total. The minimum absolute atomic E-state index is 0.722. The fourth-order valence-electron chi connectivity index (χ4n) is 1.95. The largest absolute Gasteiger partial charge is 0.341 e. The summed E-state index contributed by atoms with van der Waals surface area (Å²) < 4.78 is 2.01. The summed E-state index contributed by atoms with van der Waals surface area (Å²) in [5.41, 5.74) is 3.25. The van der Waals surface area contributed by atoms with Crippen molar-refractivity contribution in [2.45, 2.75) is 13.1 Å². The summed E-state index contributed by atoms with van der Waals surface area (Å²) in [6, 6.07) is 8.05. The molecule has 0 bridgehead atoms. The van der Waals surface area contributed by atoms with Crippen LogP contribution < -0.4 is 5.32 Å². The molecule has 0 atom stereocenters. The van der Waals surface area contributed by atoms with Crippen molar-refractivity contribution in [2.24, 2.45) is 7.05 Å². The van der Waals surface area contributed by atoms with E-state index in [1.807, 2.05) is 42.1 Å². The van der Waals surface area contributed by atoms with E-state index in [2.05, 4.69) is 20.3 Å². The van der Waals surface area contributed by atoms with Gasteiger partial charge in [0, 0.05) is 19.8 Å². The van der Waals surface area contributed by atoms with Gasteiger partial charge in [0.25, 0.3) is 0 Å². The molecule has 3 aromatic rings. The highest BCUT2D eigenvalue weighted by molar-refractivity contribution is 5.74. The minimum atomic E-state index is 0.722. The minimum Gasteiger partial charge on any atom is -0.341 e. The number of rotatable bonds is 4. The van der Waals surface area contributed by atoms with Crippen molar-refractivity contribution in [3.63, 3.8) is 0 Å². The van der Waals surface area contributed by atoms with Gasteiger partial charge in [0.05, 0.1) is 29.6 Å². The molecule has 0 fully saturated rings. The molecule has 0 unspecified atom stereocenters. The maximum absolute atomic E-state index is 4.51. The third-order valence-corrected chi connectivity index (χ3v) is 2.95. The summed E-state index contributed by atoms with van der Waals surface area (Å²) in [6.45, 7) is 1.51. The van der Waals surface area contributed by atoms with Gasteiger partial charge in [-0.1, -0.05) is 12.1 Å². The Labute approximate surface area is 105 Å². The highest BCUT2D eigenvalue weighted by Crippen LogP contribution is 2.10. The molecule has 2 N–H and O–H groups in total. The number of hydrogen-bond donors (Lipinski definition) is 2. The predicted molar refractivity (Wildman–Crippen MR) is 69.8 cm³/mol. The first kappa shape index (κ1) is 11.0. The number of aromatic amines is 1. The highest BCUT2D eigenvalue weighted by Gasteiger charge is 2.02. The first-order valence-corrected chi connectivity index (χ1v) is 5.92. The van der Waals surface area contributed by atoms with Gasteiger partial charge in [0.15, 0.2) is 0 Å². The zero-order valence-corrected chi connectivity index (χ0v) is 10.2. The first-order valence-electron chi connectivity index (χ1n) is 5.92. The average molecular weight is 241 g/mol. The van der Waals surface area contributed by atoms with Gasteiger partial charge in [-0.25, -0.2) is 9.97 Å². The number of nitrogens with one attached hydrogen (secondary N) is 2. The second kappa shape index (κ2) is 4.62. The fraction of sp³-hybridized carbons (Fsp3) is 0.231. The number of benzene rings is 1. The molecule has 0 aliphatic rings. The smallest absolute Gasteiger partial charge is 0.121 e. The third kappa shape index (κ3) is 2.12. The summed E-state index contributed by atoms with van der Waals surface area (Å²) in [5, 5.41) is 3.35. The molecule has 2 aromatic heterocycles. The van der Waals surface area contributed by atoms with Crippen LogP contribution in [0.4, 0.5) is 0 Å². The van der Waals surface area contributed by atoms with Crippen molar-refractivity contribution < 1.29 is 0 Å². The van der Waals surface area contributed by atoms with Crippen LogP contribution in [0.25, 0.3) is 11.0 Å².